The summed E-state index contributed by atoms with van der Waals surface area (Å²) in [6.45, 7) is 0. The van der Waals surface area contributed by atoms with E-state index in [0.29, 0.717) is 11.2 Å². The first-order chi connectivity index (χ1) is 6.81. The first-order valence-electron chi connectivity index (χ1n) is 3.94. The Kier molecular flexibility index (Phi) is 2.31. The second kappa shape index (κ2) is 3.62. The standard InChI is InChI=1S/C10H5FN2S/c11-10-5-4-7-8(12-6-14)2-1-3-9(7)13-10/h1-5H. The number of fused-ring (bicyclic) bond motifs is 1. The molecule has 0 saturated carbocycles. The van der Waals surface area contributed by atoms with Crippen molar-refractivity contribution in [3.05, 3.63) is 36.3 Å². The van der Waals surface area contributed by atoms with Gasteiger partial charge in [-0.15, -0.1) is 0 Å². The molecule has 0 fully saturated rings. The van der Waals surface area contributed by atoms with Crippen LogP contribution >= 0.6 is 12.2 Å². The number of pyridine rings is 1. The number of isothiocyanates is 1. The SMILES string of the molecule is Fc1ccc2c(N=C=S)cccc2n1. The lowest BCUT2D eigenvalue weighted by atomic mass is 10.2. The normalized spacial score (nSPS) is 9.79. The summed E-state index contributed by atoms with van der Waals surface area (Å²) in [5, 5.41) is 3.05. The van der Waals surface area contributed by atoms with Gasteiger partial charge in [-0.25, -0.2) is 4.98 Å². The van der Waals surface area contributed by atoms with E-state index in [-0.39, 0.29) is 0 Å². The van der Waals surface area contributed by atoms with Crippen molar-refractivity contribution in [1.82, 2.24) is 4.98 Å². The fraction of sp³-hybridized carbons (Fsp3) is 0. The van der Waals surface area contributed by atoms with Crippen molar-refractivity contribution in [3.63, 3.8) is 0 Å². The Morgan fingerprint density at radius 1 is 1.29 bits per heavy atom. The summed E-state index contributed by atoms with van der Waals surface area (Å²) < 4.78 is 12.8. The van der Waals surface area contributed by atoms with E-state index in [4.69, 9.17) is 0 Å². The van der Waals surface area contributed by atoms with Crippen LogP contribution in [0, 0.1) is 5.95 Å². The predicted octanol–water partition coefficient (Wildman–Crippen LogP) is 3.11. The van der Waals surface area contributed by atoms with Crippen molar-refractivity contribution in [2.24, 2.45) is 4.99 Å². The number of rotatable bonds is 1. The second-order valence-corrected chi connectivity index (χ2v) is 2.86. The van der Waals surface area contributed by atoms with Crippen LogP contribution in [0.5, 0.6) is 0 Å². The minimum atomic E-state index is -0.499. The van der Waals surface area contributed by atoms with Gasteiger partial charge in [0.1, 0.15) is 0 Å². The van der Waals surface area contributed by atoms with E-state index in [1.165, 1.54) is 6.07 Å². The van der Waals surface area contributed by atoms with E-state index in [1.807, 2.05) is 0 Å². The monoisotopic (exact) mass is 204 g/mol. The molecule has 14 heavy (non-hydrogen) atoms. The van der Waals surface area contributed by atoms with Gasteiger partial charge in [0.15, 0.2) is 0 Å². The Hall–Kier alpha value is -1.64. The molecule has 0 bridgehead atoms. The largest absolute Gasteiger partial charge is 0.220 e. The molecule has 0 aliphatic carbocycles. The van der Waals surface area contributed by atoms with E-state index in [1.54, 1.807) is 24.3 Å². The van der Waals surface area contributed by atoms with Gasteiger partial charge in [-0.2, -0.15) is 9.38 Å². The summed E-state index contributed by atoms with van der Waals surface area (Å²) in [5.74, 6) is -0.499. The molecule has 0 spiro atoms. The highest BCUT2D eigenvalue weighted by Gasteiger charge is 2.01. The zero-order valence-electron chi connectivity index (χ0n) is 7.07. The van der Waals surface area contributed by atoms with Crippen LogP contribution < -0.4 is 0 Å². The van der Waals surface area contributed by atoms with Crippen LogP contribution in [0.2, 0.25) is 0 Å². The Morgan fingerprint density at radius 3 is 2.93 bits per heavy atom. The smallest absolute Gasteiger partial charge is 0.213 e. The van der Waals surface area contributed by atoms with E-state index in [0.717, 1.165) is 5.39 Å². The predicted molar refractivity (Wildman–Crippen MR) is 56.4 cm³/mol. The summed E-state index contributed by atoms with van der Waals surface area (Å²) in [6.07, 6.45) is 0. The summed E-state index contributed by atoms with van der Waals surface area (Å²) >= 11 is 4.51. The molecular formula is C10H5FN2S. The lowest BCUT2D eigenvalue weighted by molar-refractivity contribution is 0.589. The summed E-state index contributed by atoms with van der Waals surface area (Å²) in [5.41, 5.74) is 1.22. The number of hydrogen-bond donors (Lipinski definition) is 0. The zero-order chi connectivity index (χ0) is 9.97. The van der Waals surface area contributed by atoms with Crippen molar-refractivity contribution < 1.29 is 4.39 Å². The molecule has 0 aliphatic rings. The van der Waals surface area contributed by atoms with Crippen LogP contribution in [0.25, 0.3) is 10.9 Å². The van der Waals surface area contributed by atoms with Crippen molar-refractivity contribution in [1.29, 1.82) is 0 Å². The van der Waals surface area contributed by atoms with Gasteiger partial charge in [0.2, 0.25) is 5.95 Å². The van der Waals surface area contributed by atoms with Gasteiger partial charge in [0.25, 0.3) is 0 Å². The van der Waals surface area contributed by atoms with E-state index in [9.17, 15) is 4.39 Å². The number of aromatic nitrogens is 1. The molecule has 2 nitrogen and oxygen atoms in total. The molecule has 0 radical (unpaired) electrons. The van der Waals surface area contributed by atoms with Crippen LogP contribution in [-0.2, 0) is 0 Å². The van der Waals surface area contributed by atoms with Crippen LogP contribution in [0.4, 0.5) is 10.1 Å². The second-order valence-electron chi connectivity index (χ2n) is 2.68. The van der Waals surface area contributed by atoms with E-state index >= 15 is 0 Å². The van der Waals surface area contributed by atoms with Gasteiger partial charge in [-0.05, 0) is 36.5 Å². The Balaban J connectivity index is 2.81. The van der Waals surface area contributed by atoms with E-state index in [2.05, 4.69) is 27.4 Å². The van der Waals surface area contributed by atoms with Crippen LogP contribution in [0.15, 0.2) is 35.3 Å². The molecular weight excluding hydrogens is 199 g/mol. The number of nitrogens with zero attached hydrogens (tertiary/aromatic N) is 2. The van der Waals surface area contributed by atoms with Crippen molar-refractivity contribution in [3.8, 4) is 0 Å². The highest BCUT2D eigenvalue weighted by Crippen LogP contribution is 2.23. The highest BCUT2D eigenvalue weighted by molar-refractivity contribution is 7.78. The average Bonchev–Trinajstić information content (AvgIpc) is 2.18. The third-order valence-corrected chi connectivity index (χ3v) is 1.93. The van der Waals surface area contributed by atoms with Gasteiger partial charge in [-0.1, -0.05) is 6.07 Å². The fourth-order valence-electron chi connectivity index (χ4n) is 1.26. The van der Waals surface area contributed by atoms with Gasteiger partial charge in [0.05, 0.1) is 16.4 Å². The molecule has 0 saturated heterocycles. The maximum atomic E-state index is 12.8. The molecule has 2 aromatic rings. The molecule has 0 N–H and O–H groups in total. The zero-order valence-corrected chi connectivity index (χ0v) is 7.88. The molecule has 1 aromatic carbocycles. The number of hydrogen-bond acceptors (Lipinski definition) is 3. The lowest BCUT2D eigenvalue weighted by Gasteiger charge is -1.98. The van der Waals surface area contributed by atoms with Gasteiger partial charge in [-0.3, -0.25) is 0 Å². The summed E-state index contributed by atoms with van der Waals surface area (Å²) in [4.78, 5) is 7.60. The van der Waals surface area contributed by atoms with Crippen LogP contribution in [0.1, 0.15) is 0 Å². The van der Waals surface area contributed by atoms with Crippen molar-refractivity contribution >= 4 is 34.0 Å². The molecule has 4 heteroatoms. The topological polar surface area (TPSA) is 25.2 Å². The van der Waals surface area contributed by atoms with Gasteiger partial charge in [0, 0.05) is 5.39 Å². The fourth-order valence-corrected chi connectivity index (χ4v) is 1.36. The van der Waals surface area contributed by atoms with Crippen molar-refractivity contribution in [2.45, 2.75) is 0 Å². The van der Waals surface area contributed by atoms with E-state index < -0.39 is 5.95 Å². The first kappa shape index (κ1) is 8.94. The third-order valence-electron chi connectivity index (χ3n) is 1.84. The maximum absolute atomic E-state index is 12.8. The first-order valence-corrected chi connectivity index (χ1v) is 4.35. The number of halogens is 1. The number of benzene rings is 1. The Labute approximate surface area is 85.1 Å². The molecule has 1 aromatic heterocycles. The third kappa shape index (κ3) is 1.53. The Morgan fingerprint density at radius 2 is 2.14 bits per heavy atom. The van der Waals surface area contributed by atoms with Crippen LogP contribution in [-0.4, -0.2) is 10.1 Å². The molecule has 0 atom stereocenters. The summed E-state index contributed by atoms with van der Waals surface area (Å²) in [7, 11) is 0. The minimum absolute atomic E-state index is 0.499. The van der Waals surface area contributed by atoms with Gasteiger partial charge >= 0.3 is 0 Å². The molecule has 0 unspecified atom stereocenters. The maximum Gasteiger partial charge on any atom is 0.213 e. The minimum Gasteiger partial charge on any atom is -0.220 e. The molecule has 0 amide bonds. The summed E-state index contributed by atoms with van der Waals surface area (Å²) in [6, 6.07) is 8.18. The van der Waals surface area contributed by atoms with Gasteiger partial charge < -0.3 is 0 Å². The van der Waals surface area contributed by atoms with Crippen LogP contribution in [0.3, 0.4) is 0 Å². The average molecular weight is 204 g/mol. The molecule has 1 heterocycles. The molecule has 2 rings (SSSR count). The van der Waals surface area contributed by atoms with Crippen molar-refractivity contribution in [2.75, 3.05) is 0 Å². The highest BCUT2D eigenvalue weighted by atomic mass is 32.1. The lowest BCUT2D eigenvalue weighted by Crippen LogP contribution is -1.83. The molecule has 0 aliphatic heterocycles. The number of aliphatic imine (C=N–C) groups is 1. The quantitative estimate of drug-likeness (QED) is 0.405. The number of thiocarbonyl (C=S) groups is 1. The molecule has 68 valence electrons. The Bertz CT molecular complexity index is 533.